The summed E-state index contributed by atoms with van der Waals surface area (Å²) in [5, 5.41) is 8.33. The summed E-state index contributed by atoms with van der Waals surface area (Å²) in [6.45, 7) is 6.34. The highest BCUT2D eigenvalue weighted by Gasteiger charge is 2.26. The molecule has 1 aliphatic heterocycles. The molecule has 4 rings (SSSR count). The number of hydrogen-bond acceptors (Lipinski definition) is 3. The monoisotopic (exact) mass is 314 g/mol. The molecule has 1 aromatic heterocycles. The van der Waals surface area contributed by atoms with Gasteiger partial charge in [0.25, 0.3) is 0 Å². The van der Waals surface area contributed by atoms with E-state index >= 15 is 0 Å². The number of benzene rings is 1. The highest BCUT2D eigenvalue weighted by Crippen LogP contribution is 2.29. The number of hydrogen-bond donors (Lipinski definition) is 1. The van der Waals surface area contributed by atoms with Crippen molar-refractivity contribution in [1.82, 2.24) is 20.0 Å². The molecule has 0 spiro atoms. The number of rotatable bonds is 3. The molecule has 0 radical (unpaired) electrons. The maximum Gasteiger partial charge on any atom is 0.123 e. The summed E-state index contributed by atoms with van der Waals surface area (Å²) in [7, 11) is 0. The predicted octanol–water partition coefficient (Wildman–Crippen LogP) is 2.29. The molecular formula is C18H23FN4. The Kier molecular flexibility index (Phi) is 3.91. The van der Waals surface area contributed by atoms with Crippen molar-refractivity contribution in [3.63, 3.8) is 0 Å². The van der Waals surface area contributed by atoms with Gasteiger partial charge in [-0.05, 0) is 56.0 Å². The molecule has 2 aliphatic rings. The lowest BCUT2D eigenvalue weighted by Gasteiger charge is -2.33. The first-order valence-electron chi connectivity index (χ1n) is 8.53. The fraction of sp³-hybridized carbons (Fsp3) is 0.500. The zero-order valence-electron chi connectivity index (χ0n) is 13.6. The largest absolute Gasteiger partial charge is 0.314 e. The average molecular weight is 314 g/mol. The Morgan fingerprint density at radius 1 is 1.26 bits per heavy atom. The molecule has 5 heteroatoms. The highest BCUT2D eigenvalue weighted by atomic mass is 19.1. The van der Waals surface area contributed by atoms with E-state index in [9.17, 15) is 4.39 Å². The first-order chi connectivity index (χ1) is 11.2. The smallest absolute Gasteiger partial charge is 0.123 e. The first-order valence-corrected chi connectivity index (χ1v) is 8.53. The summed E-state index contributed by atoms with van der Waals surface area (Å²) >= 11 is 0. The van der Waals surface area contributed by atoms with Crippen LogP contribution in [0.4, 0.5) is 4.39 Å². The summed E-state index contributed by atoms with van der Waals surface area (Å²) in [6.07, 6.45) is 3.38. The van der Waals surface area contributed by atoms with E-state index in [4.69, 9.17) is 5.10 Å². The van der Waals surface area contributed by atoms with Gasteiger partial charge in [-0.2, -0.15) is 5.10 Å². The molecule has 2 aromatic rings. The molecule has 0 amide bonds. The Labute approximate surface area is 136 Å². The van der Waals surface area contributed by atoms with E-state index in [1.807, 2.05) is 16.8 Å². The van der Waals surface area contributed by atoms with Crippen LogP contribution in [0.2, 0.25) is 0 Å². The predicted molar refractivity (Wildman–Crippen MR) is 88.3 cm³/mol. The second-order valence-electron chi connectivity index (χ2n) is 6.64. The summed E-state index contributed by atoms with van der Waals surface area (Å²) in [5.74, 6) is -0.201. The van der Waals surface area contributed by atoms with Crippen LogP contribution < -0.4 is 5.32 Å². The van der Waals surface area contributed by atoms with Crippen LogP contribution in [0.3, 0.4) is 0 Å². The standard InChI is InChI=1S/C18H23FN4/c1-13-11-20-9-10-22(13)12-17-16-3-2-4-18(16)23(21-17)15-7-5-14(19)6-8-15/h5-8,13,20H,2-4,9-12H2,1H3/t13-/m1/s1. The van der Waals surface area contributed by atoms with Gasteiger partial charge in [-0.25, -0.2) is 9.07 Å². The molecule has 122 valence electrons. The van der Waals surface area contributed by atoms with Gasteiger partial charge in [-0.15, -0.1) is 0 Å². The van der Waals surface area contributed by atoms with Crippen molar-refractivity contribution in [3.8, 4) is 5.69 Å². The SMILES string of the molecule is C[C@@H]1CNCCN1Cc1nn(-c2ccc(F)cc2)c2c1CCC2. The lowest BCUT2D eigenvalue weighted by atomic mass is 10.1. The van der Waals surface area contributed by atoms with Crippen LogP contribution in [0.5, 0.6) is 0 Å². The third kappa shape index (κ3) is 2.79. The van der Waals surface area contributed by atoms with E-state index in [0.29, 0.717) is 6.04 Å². The molecule has 0 bridgehead atoms. The number of piperazine rings is 1. The molecule has 0 unspecified atom stereocenters. The van der Waals surface area contributed by atoms with Crippen molar-refractivity contribution >= 4 is 0 Å². The molecular weight excluding hydrogens is 291 g/mol. The third-order valence-corrected chi connectivity index (χ3v) is 5.08. The van der Waals surface area contributed by atoms with Crippen molar-refractivity contribution in [2.45, 2.75) is 38.8 Å². The zero-order valence-corrected chi connectivity index (χ0v) is 13.6. The lowest BCUT2D eigenvalue weighted by molar-refractivity contribution is 0.163. The Balaban J connectivity index is 1.66. The molecule has 0 saturated carbocycles. The summed E-state index contributed by atoms with van der Waals surface area (Å²) in [6, 6.07) is 7.19. The minimum atomic E-state index is -0.201. The number of fused-ring (bicyclic) bond motifs is 1. The van der Waals surface area contributed by atoms with Crippen molar-refractivity contribution in [1.29, 1.82) is 0 Å². The summed E-state index contributed by atoms with van der Waals surface area (Å²) < 4.78 is 15.2. The molecule has 1 saturated heterocycles. The van der Waals surface area contributed by atoms with Crippen LogP contribution in [0, 0.1) is 5.82 Å². The lowest BCUT2D eigenvalue weighted by Crippen LogP contribution is -2.49. The number of nitrogens with zero attached hydrogens (tertiary/aromatic N) is 3. The van der Waals surface area contributed by atoms with Crippen LogP contribution in [0.25, 0.3) is 5.69 Å². The van der Waals surface area contributed by atoms with E-state index in [-0.39, 0.29) is 5.82 Å². The van der Waals surface area contributed by atoms with Gasteiger partial charge in [-0.3, -0.25) is 4.90 Å². The molecule has 1 aromatic carbocycles. The van der Waals surface area contributed by atoms with Crippen LogP contribution in [-0.2, 0) is 19.4 Å². The fourth-order valence-corrected chi connectivity index (χ4v) is 3.75. The maximum absolute atomic E-state index is 13.2. The third-order valence-electron chi connectivity index (χ3n) is 5.08. The van der Waals surface area contributed by atoms with Gasteiger partial charge in [0.15, 0.2) is 0 Å². The van der Waals surface area contributed by atoms with E-state index in [2.05, 4.69) is 17.1 Å². The topological polar surface area (TPSA) is 33.1 Å². The summed E-state index contributed by atoms with van der Waals surface area (Å²) in [5.41, 5.74) is 4.90. The zero-order chi connectivity index (χ0) is 15.8. The van der Waals surface area contributed by atoms with Gasteiger partial charge in [-0.1, -0.05) is 0 Å². The van der Waals surface area contributed by atoms with E-state index in [1.54, 1.807) is 0 Å². The number of nitrogens with one attached hydrogen (secondary N) is 1. The summed E-state index contributed by atoms with van der Waals surface area (Å²) in [4.78, 5) is 2.51. The van der Waals surface area contributed by atoms with E-state index in [1.165, 1.54) is 35.5 Å². The van der Waals surface area contributed by atoms with E-state index in [0.717, 1.165) is 44.7 Å². The highest BCUT2D eigenvalue weighted by molar-refractivity contribution is 5.40. The van der Waals surface area contributed by atoms with Crippen molar-refractivity contribution in [2.75, 3.05) is 19.6 Å². The molecule has 1 atom stereocenters. The van der Waals surface area contributed by atoms with Crippen LogP contribution in [0.1, 0.15) is 30.3 Å². The van der Waals surface area contributed by atoms with Gasteiger partial charge in [0, 0.05) is 37.9 Å². The van der Waals surface area contributed by atoms with Gasteiger partial charge < -0.3 is 5.32 Å². The van der Waals surface area contributed by atoms with Crippen molar-refractivity contribution < 1.29 is 4.39 Å². The maximum atomic E-state index is 13.2. The fourth-order valence-electron chi connectivity index (χ4n) is 3.75. The molecule has 1 N–H and O–H groups in total. The Hall–Kier alpha value is -1.72. The van der Waals surface area contributed by atoms with Crippen LogP contribution in [0.15, 0.2) is 24.3 Å². The minimum Gasteiger partial charge on any atom is -0.314 e. The molecule has 1 fully saturated rings. The Morgan fingerprint density at radius 3 is 2.87 bits per heavy atom. The first kappa shape index (κ1) is 14.8. The van der Waals surface area contributed by atoms with Crippen LogP contribution >= 0.6 is 0 Å². The number of aromatic nitrogens is 2. The molecule has 2 heterocycles. The van der Waals surface area contributed by atoms with Gasteiger partial charge >= 0.3 is 0 Å². The quantitative estimate of drug-likeness (QED) is 0.944. The average Bonchev–Trinajstić information content (AvgIpc) is 3.14. The Bertz CT molecular complexity index is 692. The molecule has 4 nitrogen and oxygen atoms in total. The van der Waals surface area contributed by atoms with E-state index < -0.39 is 0 Å². The van der Waals surface area contributed by atoms with Gasteiger partial charge in [0.2, 0.25) is 0 Å². The second-order valence-corrected chi connectivity index (χ2v) is 6.64. The Morgan fingerprint density at radius 2 is 2.09 bits per heavy atom. The second kappa shape index (κ2) is 6.06. The normalized spacial score (nSPS) is 21.6. The number of halogens is 1. The van der Waals surface area contributed by atoms with Crippen molar-refractivity contribution in [2.24, 2.45) is 0 Å². The molecule has 23 heavy (non-hydrogen) atoms. The molecule has 1 aliphatic carbocycles. The van der Waals surface area contributed by atoms with Gasteiger partial charge in [0.05, 0.1) is 11.4 Å². The van der Waals surface area contributed by atoms with Gasteiger partial charge in [0.1, 0.15) is 5.82 Å². The van der Waals surface area contributed by atoms with Crippen LogP contribution in [-0.4, -0.2) is 40.4 Å². The minimum absolute atomic E-state index is 0.201. The van der Waals surface area contributed by atoms with Crippen molar-refractivity contribution in [3.05, 3.63) is 47.0 Å².